The summed E-state index contributed by atoms with van der Waals surface area (Å²) in [6, 6.07) is 0. The van der Waals surface area contributed by atoms with Crippen LogP contribution in [0.25, 0.3) is 0 Å². The van der Waals surface area contributed by atoms with Crippen molar-refractivity contribution in [3.05, 3.63) is 0 Å². The van der Waals surface area contributed by atoms with Crippen LogP contribution in [0.15, 0.2) is 0 Å². The summed E-state index contributed by atoms with van der Waals surface area (Å²) < 4.78 is 13.6. The van der Waals surface area contributed by atoms with Gasteiger partial charge in [-0.2, -0.15) is 0 Å². The molecule has 0 aromatic heterocycles. The standard InChI is InChI=1S/C6H15NO2S/c1-5(2)10(9)7-4-6(3)8/h5-8H,4H2,1-3H3/t6-,10?/m0/s1. The molecule has 0 aromatic rings. The lowest BCUT2D eigenvalue weighted by Gasteiger charge is -2.08. The Hall–Kier alpha value is 0.0700. The zero-order valence-corrected chi connectivity index (χ0v) is 7.44. The zero-order valence-electron chi connectivity index (χ0n) is 6.63. The van der Waals surface area contributed by atoms with Crippen LogP contribution in [0, 0.1) is 0 Å². The number of aliphatic hydroxyl groups is 1. The molecule has 0 bridgehead atoms. The molecule has 0 heterocycles. The molecule has 0 aliphatic rings. The molecule has 62 valence electrons. The van der Waals surface area contributed by atoms with Gasteiger partial charge in [0.05, 0.1) is 17.1 Å². The van der Waals surface area contributed by atoms with E-state index in [0.717, 1.165) is 0 Å². The molecule has 0 amide bonds. The van der Waals surface area contributed by atoms with Gasteiger partial charge in [-0.3, -0.25) is 0 Å². The first kappa shape index (κ1) is 10.1. The Labute approximate surface area is 64.4 Å². The maximum atomic E-state index is 10.9. The van der Waals surface area contributed by atoms with Crippen LogP contribution in [0.1, 0.15) is 20.8 Å². The maximum absolute atomic E-state index is 10.9. The predicted octanol–water partition coefficient (Wildman–Crippen LogP) is 0.0289. The van der Waals surface area contributed by atoms with E-state index in [9.17, 15) is 4.21 Å². The van der Waals surface area contributed by atoms with Gasteiger partial charge in [0.15, 0.2) is 0 Å². The Balaban J connectivity index is 3.40. The van der Waals surface area contributed by atoms with Crippen LogP contribution in [0.3, 0.4) is 0 Å². The molecular formula is C6H15NO2S. The molecule has 0 saturated carbocycles. The molecule has 0 spiro atoms. The lowest BCUT2D eigenvalue weighted by Crippen LogP contribution is -2.30. The lowest BCUT2D eigenvalue weighted by atomic mass is 10.4. The second kappa shape index (κ2) is 4.82. The Morgan fingerprint density at radius 2 is 2.00 bits per heavy atom. The van der Waals surface area contributed by atoms with Crippen molar-refractivity contribution in [3.8, 4) is 0 Å². The van der Waals surface area contributed by atoms with Gasteiger partial charge in [0.2, 0.25) is 0 Å². The minimum Gasteiger partial charge on any atom is -0.392 e. The van der Waals surface area contributed by atoms with E-state index in [0.29, 0.717) is 6.54 Å². The number of rotatable bonds is 4. The summed E-state index contributed by atoms with van der Waals surface area (Å²) in [7, 11) is -1.00. The molecule has 10 heavy (non-hydrogen) atoms. The van der Waals surface area contributed by atoms with Crippen LogP contribution in [0.2, 0.25) is 0 Å². The summed E-state index contributed by atoms with van der Waals surface area (Å²) in [5, 5.41) is 8.90. The van der Waals surface area contributed by atoms with Crippen LogP contribution >= 0.6 is 0 Å². The quantitative estimate of drug-likeness (QED) is 0.617. The van der Waals surface area contributed by atoms with Crippen molar-refractivity contribution in [1.29, 1.82) is 0 Å². The summed E-state index contributed by atoms with van der Waals surface area (Å²) in [4.78, 5) is 0. The second-order valence-electron chi connectivity index (χ2n) is 2.54. The predicted molar refractivity (Wildman–Crippen MR) is 43.0 cm³/mol. The van der Waals surface area contributed by atoms with E-state index >= 15 is 0 Å². The molecule has 1 unspecified atom stereocenters. The van der Waals surface area contributed by atoms with Crippen molar-refractivity contribution in [1.82, 2.24) is 4.72 Å². The van der Waals surface area contributed by atoms with Gasteiger partial charge in [0.1, 0.15) is 0 Å². The van der Waals surface area contributed by atoms with Gasteiger partial charge in [-0.25, -0.2) is 8.93 Å². The van der Waals surface area contributed by atoms with Crippen molar-refractivity contribution in [2.75, 3.05) is 6.54 Å². The number of hydrogen-bond donors (Lipinski definition) is 2. The van der Waals surface area contributed by atoms with Gasteiger partial charge < -0.3 is 5.11 Å². The van der Waals surface area contributed by atoms with Gasteiger partial charge in [-0.1, -0.05) is 0 Å². The minimum atomic E-state index is -1.00. The average Bonchev–Trinajstić information content (AvgIpc) is 1.82. The first-order chi connectivity index (χ1) is 4.54. The third-order valence-corrected chi connectivity index (χ3v) is 2.26. The van der Waals surface area contributed by atoms with E-state index in [-0.39, 0.29) is 5.25 Å². The average molecular weight is 165 g/mol. The molecule has 0 aliphatic heterocycles. The molecule has 0 radical (unpaired) electrons. The fourth-order valence-electron chi connectivity index (χ4n) is 0.369. The molecule has 0 aromatic carbocycles. The molecule has 0 aliphatic carbocycles. The second-order valence-corrected chi connectivity index (χ2v) is 4.37. The third kappa shape index (κ3) is 4.90. The summed E-state index contributed by atoms with van der Waals surface area (Å²) >= 11 is 0. The first-order valence-electron chi connectivity index (χ1n) is 3.36. The molecule has 0 rings (SSSR count). The van der Waals surface area contributed by atoms with E-state index < -0.39 is 17.1 Å². The summed E-state index contributed by atoms with van der Waals surface area (Å²) in [5.41, 5.74) is 0. The van der Waals surface area contributed by atoms with Gasteiger partial charge in [-0.05, 0) is 20.8 Å². The zero-order chi connectivity index (χ0) is 8.15. The van der Waals surface area contributed by atoms with E-state index in [1.807, 2.05) is 13.8 Å². The molecule has 0 saturated heterocycles. The third-order valence-electron chi connectivity index (χ3n) is 0.949. The van der Waals surface area contributed by atoms with E-state index in [4.69, 9.17) is 5.11 Å². The van der Waals surface area contributed by atoms with Gasteiger partial charge in [0, 0.05) is 11.8 Å². The molecule has 2 N–H and O–H groups in total. The van der Waals surface area contributed by atoms with Crippen molar-refractivity contribution in [2.24, 2.45) is 0 Å². The van der Waals surface area contributed by atoms with Crippen LogP contribution in [0.5, 0.6) is 0 Å². The summed E-state index contributed by atoms with van der Waals surface area (Å²) in [6.45, 7) is 5.78. The Bertz CT molecular complexity index is 114. The smallest absolute Gasteiger partial charge is 0.0942 e. The van der Waals surface area contributed by atoms with Crippen molar-refractivity contribution in [2.45, 2.75) is 32.1 Å². The van der Waals surface area contributed by atoms with Crippen LogP contribution < -0.4 is 4.72 Å². The monoisotopic (exact) mass is 165 g/mol. The topological polar surface area (TPSA) is 49.3 Å². The van der Waals surface area contributed by atoms with Crippen LogP contribution in [-0.4, -0.2) is 27.2 Å². The van der Waals surface area contributed by atoms with Gasteiger partial charge in [-0.15, -0.1) is 0 Å². The highest BCUT2D eigenvalue weighted by Crippen LogP contribution is 1.89. The highest BCUT2D eigenvalue weighted by Gasteiger charge is 2.04. The minimum absolute atomic E-state index is 0.110. The largest absolute Gasteiger partial charge is 0.392 e. The lowest BCUT2D eigenvalue weighted by molar-refractivity contribution is 0.199. The Morgan fingerprint density at radius 1 is 1.50 bits per heavy atom. The number of aliphatic hydroxyl groups excluding tert-OH is 1. The summed E-state index contributed by atoms with van der Waals surface area (Å²) in [5.74, 6) is 0. The Kier molecular flexibility index (Phi) is 4.85. The number of hydrogen-bond acceptors (Lipinski definition) is 2. The van der Waals surface area contributed by atoms with Crippen molar-refractivity contribution >= 4 is 11.0 Å². The number of nitrogens with one attached hydrogen (secondary N) is 1. The fourth-order valence-corrected chi connectivity index (χ4v) is 1.11. The highest BCUT2D eigenvalue weighted by atomic mass is 32.2. The van der Waals surface area contributed by atoms with E-state index in [1.54, 1.807) is 6.92 Å². The van der Waals surface area contributed by atoms with Crippen molar-refractivity contribution < 1.29 is 9.32 Å². The van der Waals surface area contributed by atoms with Gasteiger partial charge in [0.25, 0.3) is 0 Å². The van der Waals surface area contributed by atoms with Crippen molar-refractivity contribution in [3.63, 3.8) is 0 Å². The molecule has 2 atom stereocenters. The van der Waals surface area contributed by atoms with Crippen LogP contribution in [0.4, 0.5) is 0 Å². The van der Waals surface area contributed by atoms with Gasteiger partial charge >= 0.3 is 0 Å². The fraction of sp³-hybridized carbons (Fsp3) is 1.00. The molecule has 0 fully saturated rings. The molecular weight excluding hydrogens is 150 g/mol. The maximum Gasteiger partial charge on any atom is 0.0942 e. The normalized spacial score (nSPS) is 17.3. The summed E-state index contributed by atoms with van der Waals surface area (Å²) in [6.07, 6.45) is -0.428. The van der Waals surface area contributed by atoms with Crippen LogP contribution in [-0.2, 0) is 11.0 Å². The molecule has 3 nitrogen and oxygen atoms in total. The Morgan fingerprint density at radius 3 is 2.30 bits per heavy atom. The highest BCUT2D eigenvalue weighted by molar-refractivity contribution is 7.83. The van der Waals surface area contributed by atoms with E-state index in [2.05, 4.69) is 4.72 Å². The first-order valence-corrected chi connectivity index (χ1v) is 4.57. The SMILES string of the molecule is CC(C)S(=O)NC[C@H](C)O. The molecule has 4 heteroatoms. The van der Waals surface area contributed by atoms with E-state index in [1.165, 1.54) is 0 Å².